The standard InChI is InChI=1S/C21H29NO3/c1-21(2,25-18-6-4-17(24-3)5-7-18)20(23)22-19-15-9-13-8-14(11-15)12-16(19)10-13/h4-7,13-16,19H,8-12H2,1-3H3,(H,22,23). The summed E-state index contributed by atoms with van der Waals surface area (Å²) in [5.41, 5.74) is -0.886. The number of ether oxygens (including phenoxy) is 2. The lowest BCUT2D eigenvalue weighted by Gasteiger charge is -2.54. The van der Waals surface area contributed by atoms with Crippen molar-refractivity contribution in [2.24, 2.45) is 23.7 Å². The van der Waals surface area contributed by atoms with E-state index >= 15 is 0 Å². The molecule has 0 unspecified atom stereocenters. The lowest BCUT2D eigenvalue weighted by atomic mass is 9.54. The van der Waals surface area contributed by atoms with Crippen molar-refractivity contribution in [1.82, 2.24) is 5.32 Å². The van der Waals surface area contributed by atoms with E-state index in [1.807, 2.05) is 38.1 Å². The van der Waals surface area contributed by atoms with Crippen molar-refractivity contribution in [1.29, 1.82) is 0 Å². The third-order valence-electron chi connectivity index (χ3n) is 6.50. The Kier molecular flexibility index (Phi) is 4.17. The van der Waals surface area contributed by atoms with Crippen molar-refractivity contribution in [2.75, 3.05) is 7.11 Å². The Balaban J connectivity index is 1.41. The molecule has 4 saturated carbocycles. The van der Waals surface area contributed by atoms with Gasteiger partial charge in [-0.25, -0.2) is 0 Å². The number of nitrogens with one attached hydrogen (secondary N) is 1. The molecule has 4 fully saturated rings. The van der Waals surface area contributed by atoms with E-state index in [-0.39, 0.29) is 5.91 Å². The van der Waals surface area contributed by atoms with E-state index in [9.17, 15) is 4.79 Å². The third-order valence-corrected chi connectivity index (χ3v) is 6.50. The van der Waals surface area contributed by atoms with Gasteiger partial charge in [-0.2, -0.15) is 0 Å². The largest absolute Gasteiger partial charge is 0.497 e. The molecule has 0 aliphatic heterocycles. The lowest BCUT2D eigenvalue weighted by Crippen LogP contribution is -2.59. The fraction of sp³-hybridized carbons (Fsp3) is 0.667. The van der Waals surface area contributed by atoms with E-state index in [2.05, 4.69) is 5.32 Å². The topological polar surface area (TPSA) is 47.6 Å². The number of hydrogen-bond acceptors (Lipinski definition) is 3. The van der Waals surface area contributed by atoms with Gasteiger partial charge in [0.1, 0.15) is 11.5 Å². The third kappa shape index (κ3) is 3.23. The van der Waals surface area contributed by atoms with E-state index in [4.69, 9.17) is 9.47 Å². The summed E-state index contributed by atoms with van der Waals surface area (Å²) in [6, 6.07) is 7.73. The molecule has 4 nitrogen and oxygen atoms in total. The van der Waals surface area contributed by atoms with Crippen molar-refractivity contribution < 1.29 is 14.3 Å². The van der Waals surface area contributed by atoms with Crippen LogP contribution in [0.5, 0.6) is 11.5 Å². The maximum Gasteiger partial charge on any atom is 0.263 e. The first-order chi connectivity index (χ1) is 11.9. The summed E-state index contributed by atoms with van der Waals surface area (Å²) in [5.74, 6) is 4.66. The molecule has 1 N–H and O–H groups in total. The molecule has 1 aromatic rings. The van der Waals surface area contributed by atoms with Crippen molar-refractivity contribution in [3.8, 4) is 11.5 Å². The average Bonchev–Trinajstić information content (AvgIpc) is 2.57. The second-order valence-electron chi connectivity index (χ2n) is 8.72. The summed E-state index contributed by atoms with van der Waals surface area (Å²) in [4.78, 5) is 12.9. The second-order valence-corrected chi connectivity index (χ2v) is 8.72. The van der Waals surface area contributed by atoms with E-state index in [1.54, 1.807) is 7.11 Å². The summed E-state index contributed by atoms with van der Waals surface area (Å²) < 4.78 is 11.2. The number of amides is 1. The van der Waals surface area contributed by atoms with E-state index < -0.39 is 5.60 Å². The van der Waals surface area contributed by atoms with Gasteiger partial charge >= 0.3 is 0 Å². The molecule has 0 aromatic heterocycles. The van der Waals surface area contributed by atoms with Crippen LogP contribution in [0.4, 0.5) is 0 Å². The summed E-state index contributed by atoms with van der Waals surface area (Å²) >= 11 is 0. The van der Waals surface area contributed by atoms with Crippen LogP contribution in [0.25, 0.3) is 0 Å². The van der Waals surface area contributed by atoms with Gasteiger partial charge in [0, 0.05) is 6.04 Å². The SMILES string of the molecule is COc1ccc(OC(C)(C)C(=O)NC2C3CC4CC(C3)CC2C4)cc1. The molecule has 4 heteroatoms. The predicted octanol–water partition coefficient (Wildman–Crippen LogP) is 3.79. The Morgan fingerprint density at radius 3 is 2.00 bits per heavy atom. The number of carbonyl (C=O) groups is 1. The molecule has 4 aliphatic carbocycles. The number of carbonyl (C=O) groups excluding carboxylic acids is 1. The molecule has 1 amide bonds. The van der Waals surface area contributed by atoms with Gasteiger partial charge in [0.15, 0.2) is 5.60 Å². The molecule has 136 valence electrons. The van der Waals surface area contributed by atoms with E-state index in [0.29, 0.717) is 23.6 Å². The smallest absolute Gasteiger partial charge is 0.263 e. The lowest BCUT2D eigenvalue weighted by molar-refractivity contribution is -0.138. The molecule has 5 rings (SSSR count). The Bertz CT molecular complexity index is 609. The molecule has 0 radical (unpaired) electrons. The Labute approximate surface area is 150 Å². The first-order valence-electron chi connectivity index (χ1n) is 9.58. The van der Waals surface area contributed by atoms with Gasteiger partial charge in [-0.15, -0.1) is 0 Å². The molecule has 0 heterocycles. The number of benzene rings is 1. The van der Waals surface area contributed by atoms with Crippen LogP contribution in [-0.4, -0.2) is 24.7 Å². The highest BCUT2D eigenvalue weighted by atomic mass is 16.5. The van der Waals surface area contributed by atoms with Crippen molar-refractivity contribution in [3.63, 3.8) is 0 Å². The van der Waals surface area contributed by atoms with Crippen LogP contribution in [0, 0.1) is 23.7 Å². The van der Waals surface area contributed by atoms with Crippen LogP contribution in [0.2, 0.25) is 0 Å². The van der Waals surface area contributed by atoms with Crippen LogP contribution in [0.1, 0.15) is 46.0 Å². The maximum atomic E-state index is 12.9. The minimum Gasteiger partial charge on any atom is -0.497 e. The predicted molar refractivity (Wildman–Crippen MR) is 96.7 cm³/mol. The van der Waals surface area contributed by atoms with Gasteiger partial charge < -0.3 is 14.8 Å². The van der Waals surface area contributed by atoms with Gasteiger partial charge in [-0.1, -0.05) is 0 Å². The fourth-order valence-corrected chi connectivity index (χ4v) is 5.47. The average molecular weight is 343 g/mol. The second kappa shape index (κ2) is 6.22. The molecule has 4 aliphatic rings. The van der Waals surface area contributed by atoms with Gasteiger partial charge in [-0.05, 0) is 93.9 Å². The first-order valence-corrected chi connectivity index (χ1v) is 9.58. The summed E-state index contributed by atoms with van der Waals surface area (Å²) in [6.07, 6.45) is 6.64. The highest BCUT2D eigenvalue weighted by molar-refractivity contribution is 5.85. The monoisotopic (exact) mass is 343 g/mol. The zero-order chi connectivity index (χ0) is 17.6. The molecular weight excluding hydrogens is 314 g/mol. The summed E-state index contributed by atoms with van der Waals surface area (Å²) in [7, 11) is 1.64. The molecule has 0 saturated heterocycles. The summed E-state index contributed by atoms with van der Waals surface area (Å²) in [6.45, 7) is 3.70. The molecular formula is C21H29NO3. The van der Waals surface area contributed by atoms with Gasteiger partial charge in [0.2, 0.25) is 0 Å². The van der Waals surface area contributed by atoms with Crippen LogP contribution < -0.4 is 14.8 Å². The molecule has 1 aromatic carbocycles. The Morgan fingerprint density at radius 1 is 0.960 bits per heavy atom. The highest BCUT2D eigenvalue weighted by Gasteiger charge is 2.49. The quantitative estimate of drug-likeness (QED) is 0.885. The molecule has 0 spiro atoms. The van der Waals surface area contributed by atoms with Gasteiger partial charge in [0.05, 0.1) is 7.11 Å². The van der Waals surface area contributed by atoms with E-state index in [1.165, 1.54) is 32.1 Å². The highest BCUT2D eigenvalue weighted by Crippen LogP contribution is 2.53. The van der Waals surface area contributed by atoms with Crippen molar-refractivity contribution in [2.45, 2.75) is 57.6 Å². The zero-order valence-corrected chi connectivity index (χ0v) is 15.5. The van der Waals surface area contributed by atoms with E-state index in [0.717, 1.165) is 17.6 Å². The van der Waals surface area contributed by atoms with Crippen LogP contribution in [0.3, 0.4) is 0 Å². The zero-order valence-electron chi connectivity index (χ0n) is 15.5. The number of methoxy groups -OCH3 is 1. The first kappa shape index (κ1) is 16.7. The Hall–Kier alpha value is -1.71. The number of hydrogen-bond donors (Lipinski definition) is 1. The van der Waals surface area contributed by atoms with Crippen LogP contribution in [-0.2, 0) is 4.79 Å². The number of rotatable bonds is 5. The normalized spacial score (nSPS) is 33.2. The molecule has 25 heavy (non-hydrogen) atoms. The Morgan fingerprint density at radius 2 is 1.48 bits per heavy atom. The van der Waals surface area contributed by atoms with Crippen molar-refractivity contribution >= 4 is 5.91 Å². The minimum atomic E-state index is -0.886. The van der Waals surface area contributed by atoms with Crippen LogP contribution in [0.15, 0.2) is 24.3 Å². The van der Waals surface area contributed by atoms with Crippen LogP contribution >= 0.6 is 0 Å². The summed E-state index contributed by atoms with van der Waals surface area (Å²) in [5, 5.41) is 3.36. The fourth-order valence-electron chi connectivity index (χ4n) is 5.47. The van der Waals surface area contributed by atoms with Gasteiger partial charge in [-0.3, -0.25) is 4.79 Å². The molecule has 0 atom stereocenters. The minimum absolute atomic E-state index is 0.000733. The maximum absolute atomic E-state index is 12.9. The van der Waals surface area contributed by atoms with Crippen molar-refractivity contribution in [3.05, 3.63) is 24.3 Å². The molecule has 4 bridgehead atoms. The van der Waals surface area contributed by atoms with Gasteiger partial charge in [0.25, 0.3) is 5.91 Å².